The maximum Gasteiger partial charge on any atom is 0.501 e. The van der Waals surface area contributed by atoms with Crippen molar-refractivity contribution >= 4 is 33.4 Å². The molecule has 1 aromatic heterocycles. The average molecular weight is 539 g/mol. The van der Waals surface area contributed by atoms with Gasteiger partial charge in [0.15, 0.2) is 0 Å². The molecular formula is C24H25F3N4O5S. The third kappa shape index (κ3) is 4.79. The quantitative estimate of drug-likeness (QED) is 0.537. The van der Waals surface area contributed by atoms with E-state index >= 15 is 0 Å². The normalized spacial score (nSPS) is 18.5. The molecule has 0 saturated carbocycles. The average Bonchev–Trinajstić information content (AvgIpc) is 3.03. The van der Waals surface area contributed by atoms with E-state index in [1.165, 1.54) is 24.9 Å². The van der Waals surface area contributed by atoms with E-state index in [0.29, 0.717) is 30.8 Å². The first-order valence-corrected chi connectivity index (χ1v) is 13.1. The van der Waals surface area contributed by atoms with Crippen molar-refractivity contribution in [2.75, 3.05) is 18.0 Å². The topological polar surface area (TPSA) is 108 Å². The van der Waals surface area contributed by atoms with Gasteiger partial charge in [-0.1, -0.05) is 0 Å². The second-order valence-electron chi connectivity index (χ2n) is 9.41. The number of urea groups is 1. The molecular weight excluding hydrogens is 513 g/mol. The molecule has 13 heteroatoms. The first-order valence-electron chi connectivity index (χ1n) is 11.6. The van der Waals surface area contributed by atoms with Crippen molar-refractivity contribution in [2.45, 2.75) is 55.6 Å². The minimum absolute atomic E-state index is 0.0303. The SMILES string of the molecule is CC1(C)C(=O)N(c2ccc(S(=O)(=O)C(F)(F)F)cc2)C(=O)N1Cc1ccnc(C(=O)N2CCCCC2)c1. The smallest absolute Gasteiger partial charge is 0.337 e. The first-order chi connectivity index (χ1) is 17.2. The molecule has 9 nitrogen and oxygen atoms in total. The molecule has 2 aromatic rings. The second kappa shape index (κ2) is 9.43. The number of hydrogen-bond acceptors (Lipinski definition) is 6. The van der Waals surface area contributed by atoms with Crippen LogP contribution in [0, 0.1) is 0 Å². The highest BCUT2D eigenvalue weighted by Gasteiger charge is 2.52. The fraction of sp³-hybridized carbons (Fsp3) is 0.417. The standard InChI is InChI=1S/C24H25F3N4O5S/c1-23(2)21(33)31(17-6-8-18(9-7-17)37(35,36)24(25,26)27)22(34)30(23)15-16-10-11-28-19(14-16)20(32)29-12-4-3-5-13-29/h6-11,14H,3-5,12-13,15H2,1-2H3. The highest BCUT2D eigenvalue weighted by atomic mass is 32.2. The van der Waals surface area contributed by atoms with E-state index in [4.69, 9.17) is 0 Å². The molecule has 0 atom stereocenters. The summed E-state index contributed by atoms with van der Waals surface area (Å²) in [6.45, 7) is 4.31. The van der Waals surface area contributed by atoms with Crippen molar-refractivity contribution in [3.8, 4) is 0 Å². The molecule has 0 bridgehead atoms. The molecule has 4 amide bonds. The number of carbonyl (C=O) groups is 3. The Morgan fingerprint density at radius 1 is 1.03 bits per heavy atom. The Hall–Kier alpha value is -3.48. The minimum Gasteiger partial charge on any atom is -0.337 e. The number of alkyl halides is 3. The summed E-state index contributed by atoms with van der Waals surface area (Å²) in [6, 6.07) is 5.84. The maximum absolute atomic E-state index is 13.3. The summed E-state index contributed by atoms with van der Waals surface area (Å²) in [5, 5.41) is 0. The van der Waals surface area contributed by atoms with Gasteiger partial charge in [-0.25, -0.2) is 18.1 Å². The van der Waals surface area contributed by atoms with Gasteiger partial charge in [0.25, 0.3) is 21.7 Å². The second-order valence-corrected chi connectivity index (χ2v) is 11.4. The molecule has 0 radical (unpaired) electrons. The number of piperidine rings is 1. The van der Waals surface area contributed by atoms with E-state index in [1.807, 2.05) is 0 Å². The van der Waals surface area contributed by atoms with Gasteiger partial charge < -0.3 is 9.80 Å². The van der Waals surface area contributed by atoms with Gasteiger partial charge in [0.05, 0.1) is 10.6 Å². The molecule has 2 saturated heterocycles. The molecule has 198 valence electrons. The number of halogens is 3. The lowest BCUT2D eigenvalue weighted by atomic mass is 10.0. The summed E-state index contributed by atoms with van der Waals surface area (Å²) in [4.78, 5) is 46.2. The lowest BCUT2D eigenvalue weighted by Crippen LogP contribution is -2.43. The van der Waals surface area contributed by atoms with Crippen molar-refractivity contribution in [1.29, 1.82) is 0 Å². The number of benzene rings is 1. The zero-order valence-electron chi connectivity index (χ0n) is 20.2. The number of likely N-dealkylation sites (tertiary alicyclic amines) is 1. The van der Waals surface area contributed by atoms with Gasteiger partial charge in [0, 0.05) is 25.8 Å². The van der Waals surface area contributed by atoms with Crippen molar-refractivity contribution < 1.29 is 36.0 Å². The van der Waals surface area contributed by atoms with Crippen LogP contribution in [0.25, 0.3) is 0 Å². The molecule has 0 aliphatic carbocycles. The molecule has 1 aromatic carbocycles. The highest BCUT2D eigenvalue weighted by molar-refractivity contribution is 7.92. The Labute approximate surface area is 211 Å². The van der Waals surface area contributed by atoms with Crippen LogP contribution in [-0.4, -0.2) is 65.2 Å². The van der Waals surface area contributed by atoms with Gasteiger partial charge in [-0.3, -0.25) is 14.6 Å². The Morgan fingerprint density at radius 3 is 2.24 bits per heavy atom. The van der Waals surface area contributed by atoms with Gasteiger partial charge in [-0.2, -0.15) is 13.2 Å². The number of anilines is 1. The zero-order valence-corrected chi connectivity index (χ0v) is 21.0. The molecule has 3 heterocycles. The fourth-order valence-electron chi connectivity index (χ4n) is 4.37. The first kappa shape index (κ1) is 26.6. The van der Waals surface area contributed by atoms with Crippen molar-refractivity contribution in [3.05, 3.63) is 53.9 Å². The highest BCUT2D eigenvalue weighted by Crippen LogP contribution is 2.35. The maximum atomic E-state index is 13.3. The van der Waals surface area contributed by atoms with Crippen LogP contribution < -0.4 is 4.90 Å². The van der Waals surface area contributed by atoms with Crippen molar-refractivity contribution in [2.24, 2.45) is 0 Å². The number of pyridine rings is 1. The van der Waals surface area contributed by atoms with E-state index in [-0.39, 0.29) is 23.8 Å². The number of nitrogens with zero attached hydrogens (tertiary/aromatic N) is 4. The lowest BCUT2D eigenvalue weighted by Gasteiger charge is -2.28. The predicted octanol–water partition coefficient (Wildman–Crippen LogP) is 3.75. The number of aromatic nitrogens is 1. The van der Waals surface area contributed by atoms with Gasteiger partial charge in [0.2, 0.25) is 0 Å². The summed E-state index contributed by atoms with van der Waals surface area (Å²) in [7, 11) is -5.57. The number of rotatable bonds is 5. The summed E-state index contributed by atoms with van der Waals surface area (Å²) in [6.07, 6.45) is 4.36. The summed E-state index contributed by atoms with van der Waals surface area (Å²) < 4.78 is 61.8. The van der Waals surface area contributed by atoms with Gasteiger partial charge in [-0.05, 0) is 75.1 Å². The summed E-state index contributed by atoms with van der Waals surface area (Å²) >= 11 is 0. The van der Waals surface area contributed by atoms with Gasteiger partial charge >= 0.3 is 11.5 Å². The molecule has 0 N–H and O–H groups in total. The third-order valence-electron chi connectivity index (χ3n) is 6.56. The van der Waals surface area contributed by atoms with E-state index in [2.05, 4.69) is 4.98 Å². The molecule has 2 fully saturated rings. The van der Waals surface area contributed by atoms with E-state index in [1.54, 1.807) is 17.0 Å². The molecule has 2 aliphatic heterocycles. The monoisotopic (exact) mass is 538 g/mol. The van der Waals surface area contributed by atoms with Crippen LogP contribution in [0.1, 0.15) is 49.2 Å². The zero-order chi connectivity index (χ0) is 27.2. The van der Waals surface area contributed by atoms with Crippen LogP contribution in [0.5, 0.6) is 0 Å². The third-order valence-corrected chi connectivity index (χ3v) is 8.06. The Kier molecular flexibility index (Phi) is 6.78. The summed E-state index contributed by atoms with van der Waals surface area (Å²) in [5.41, 5.74) is -6.08. The molecule has 2 aliphatic rings. The van der Waals surface area contributed by atoms with Crippen LogP contribution >= 0.6 is 0 Å². The molecule has 0 unspecified atom stereocenters. The van der Waals surface area contributed by atoms with Crippen LogP contribution in [0.15, 0.2) is 47.5 Å². The predicted molar refractivity (Wildman–Crippen MR) is 126 cm³/mol. The number of carbonyl (C=O) groups excluding carboxylic acids is 3. The Balaban J connectivity index is 1.57. The number of sulfone groups is 1. The van der Waals surface area contributed by atoms with E-state index < -0.39 is 37.7 Å². The number of imide groups is 1. The van der Waals surface area contributed by atoms with Gasteiger partial charge in [-0.15, -0.1) is 0 Å². The molecule has 37 heavy (non-hydrogen) atoms. The number of hydrogen-bond donors (Lipinski definition) is 0. The van der Waals surface area contributed by atoms with Crippen LogP contribution in [-0.2, 0) is 21.2 Å². The van der Waals surface area contributed by atoms with Crippen molar-refractivity contribution in [1.82, 2.24) is 14.8 Å². The van der Waals surface area contributed by atoms with Gasteiger partial charge in [0.1, 0.15) is 11.2 Å². The van der Waals surface area contributed by atoms with E-state index in [0.717, 1.165) is 36.3 Å². The molecule has 0 spiro atoms. The van der Waals surface area contributed by atoms with Crippen LogP contribution in [0.3, 0.4) is 0 Å². The summed E-state index contributed by atoms with van der Waals surface area (Å²) in [5.74, 6) is -0.845. The number of amides is 4. The minimum atomic E-state index is -5.57. The molecule has 4 rings (SSSR count). The van der Waals surface area contributed by atoms with Crippen LogP contribution in [0.2, 0.25) is 0 Å². The lowest BCUT2D eigenvalue weighted by molar-refractivity contribution is -0.123. The Morgan fingerprint density at radius 2 is 1.65 bits per heavy atom. The fourth-order valence-corrected chi connectivity index (χ4v) is 5.13. The Bertz CT molecular complexity index is 1340. The van der Waals surface area contributed by atoms with Crippen LogP contribution in [0.4, 0.5) is 23.7 Å². The van der Waals surface area contributed by atoms with Crippen molar-refractivity contribution in [3.63, 3.8) is 0 Å². The van der Waals surface area contributed by atoms with E-state index in [9.17, 15) is 36.0 Å². The largest absolute Gasteiger partial charge is 0.501 e.